The van der Waals surface area contributed by atoms with Gasteiger partial charge in [0.15, 0.2) is 5.60 Å². The van der Waals surface area contributed by atoms with Gasteiger partial charge in [-0.25, -0.2) is 9.18 Å². The molecule has 0 aromatic heterocycles. The highest BCUT2D eigenvalue weighted by Crippen LogP contribution is 2.40. The van der Waals surface area contributed by atoms with Crippen molar-refractivity contribution in [3.8, 4) is 0 Å². The molecule has 4 rings (SSSR count). The van der Waals surface area contributed by atoms with Crippen molar-refractivity contribution >= 4 is 29.5 Å². The number of benzene rings is 2. The number of nitrogens with zero attached hydrogens (tertiary/aromatic N) is 1. The first-order chi connectivity index (χ1) is 18.5. The predicted molar refractivity (Wildman–Crippen MR) is 139 cm³/mol. The van der Waals surface area contributed by atoms with Gasteiger partial charge >= 0.3 is 17.9 Å². The molecule has 2 aliphatic rings. The van der Waals surface area contributed by atoms with Gasteiger partial charge in [0.2, 0.25) is 5.91 Å². The summed E-state index contributed by atoms with van der Waals surface area (Å²) >= 11 is 0. The van der Waals surface area contributed by atoms with Gasteiger partial charge in [0.25, 0.3) is 0 Å². The zero-order valence-corrected chi connectivity index (χ0v) is 21.4. The molecular weight excluding hydrogens is 511 g/mol. The van der Waals surface area contributed by atoms with E-state index in [1.165, 1.54) is 0 Å². The number of carbonyl (C=O) groups excluding carboxylic acids is 1. The van der Waals surface area contributed by atoms with Gasteiger partial charge in [0.05, 0.1) is 12.8 Å². The van der Waals surface area contributed by atoms with Crippen LogP contribution in [0.1, 0.15) is 62.5 Å². The van der Waals surface area contributed by atoms with E-state index in [1.807, 2.05) is 29.2 Å². The van der Waals surface area contributed by atoms with Crippen LogP contribution < -0.4 is 10.2 Å². The summed E-state index contributed by atoms with van der Waals surface area (Å²) in [5, 5.41) is 37.5. The third-order valence-electron chi connectivity index (χ3n) is 7.08. The van der Waals surface area contributed by atoms with Crippen LogP contribution in [0.2, 0.25) is 0 Å². The molecule has 11 heteroatoms. The lowest BCUT2D eigenvalue weighted by Crippen LogP contribution is -2.42. The first-order valence-electron chi connectivity index (χ1n) is 12.7. The average molecular weight is 545 g/mol. The van der Waals surface area contributed by atoms with Gasteiger partial charge in [-0.3, -0.25) is 14.4 Å². The molecule has 1 saturated heterocycles. The highest BCUT2D eigenvalue weighted by molar-refractivity contribution is 5.95. The molecule has 2 fully saturated rings. The van der Waals surface area contributed by atoms with Crippen molar-refractivity contribution in [3.05, 3.63) is 65.5 Å². The second-order valence-electron chi connectivity index (χ2n) is 9.92. The summed E-state index contributed by atoms with van der Waals surface area (Å²) in [6.07, 6.45) is 3.47. The van der Waals surface area contributed by atoms with E-state index in [0.717, 1.165) is 55.5 Å². The Hall–Kier alpha value is -3.83. The summed E-state index contributed by atoms with van der Waals surface area (Å²) in [6, 6.07) is 15.3. The summed E-state index contributed by atoms with van der Waals surface area (Å²) in [6.45, 7) is 1.51. The highest BCUT2D eigenvalue weighted by atomic mass is 19.1. The summed E-state index contributed by atoms with van der Waals surface area (Å²) < 4.78 is 14.4. The van der Waals surface area contributed by atoms with Crippen LogP contribution >= 0.6 is 0 Å². The Morgan fingerprint density at radius 3 is 2.00 bits per heavy atom. The number of carboxylic acid groups (broad SMARTS) is 3. The molecule has 1 aliphatic heterocycles. The Kier molecular flexibility index (Phi) is 9.76. The van der Waals surface area contributed by atoms with Crippen molar-refractivity contribution in [1.29, 1.82) is 0 Å². The fraction of sp³-hybridized carbons (Fsp3) is 0.429. The average Bonchev–Trinajstić information content (AvgIpc) is 3.52. The molecule has 2 aromatic rings. The van der Waals surface area contributed by atoms with Crippen molar-refractivity contribution in [1.82, 2.24) is 5.32 Å². The Morgan fingerprint density at radius 1 is 0.923 bits per heavy atom. The molecule has 0 atom stereocenters. The van der Waals surface area contributed by atoms with Crippen molar-refractivity contribution in [2.45, 2.75) is 69.1 Å². The lowest BCUT2D eigenvalue weighted by molar-refractivity contribution is -0.170. The molecule has 2 aromatic carbocycles. The van der Waals surface area contributed by atoms with E-state index in [-0.39, 0.29) is 17.3 Å². The molecular formula is C28H33FN2O8. The maximum Gasteiger partial charge on any atom is 0.336 e. The van der Waals surface area contributed by atoms with Gasteiger partial charge in [-0.1, -0.05) is 43.2 Å². The zero-order chi connectivity index (χ0) is 28.6. The number of nitrogens with one attached hydrogen (secondary N) is 1. The number of rotatable bonds is 10. The minimum atomic E-state index is -2.74. The number of carboxylic acids is 3. The molecule has 10 nitrogen and oxygen atoms in total. The van der Waals surface area contributed by atoms with Crippen LogP contribution in [-0.4, -0.2) is 56.4 Å². The summed E-state index contributed by atoms with van der Waals surface area (Å²) in [4.78, 5) is 44.2. The molecule has 5 N–H and O–H groups in total. The van der Waals surface area contributed by atoms with Crippen LogP contribution in [0, 0.1) is 5.82 Å². The molecule has 39 heavy (non-hydrogen) atoms. The lowest BCUT2D eigenvalue weighted by atomic mass is 9.87. The Morgan fingerprint density at radius 2 is 1.51 bits per heavy atom. The van der Waals surface area contributed by atoms with E-state index in [2.05, 4.69) is 17.4 Å². The number of halogens is 1. The quantitative estimate of drug-likeness (QED) is 0.302. The van der Waals surface area contributed by atoms with Crippen molar-refractivity contribution in [3.63, 3.8) is 0 Å². The van der Waals surface area contributed by atoms with Crippen molar-refractivity contribution < 1.29 is 44.0 Å². The number of hydrogen-bond donors (Lipinski definition) is 5. The molecule has 1 aliphatic carbocycles. The molecule has 0 unspecified atom stereocenters. The number of carbonyl (C=O) groups is 4. The third-order valence-corrected chi connectivity index (χ3v) is 7.08. The second kappa shape index (κ2) is 12.8. The molecule has 0 bridgehead atoms. The number of anilines is 1. The number of aliphatic hydroxyl groups is 1. The third kappa shape index (κ3) is 7.61. The van der Waals surface area contributed by atoms with Crippen LogP contribution in [0.15, 0.2) is 48.5 Å². The van der Waals surface area contributed by atoms with Crippen LogP contribution in [0.4, 0.5) is 10.1 Å². The van der Waals surface area contributed by atoms with Crippen LogP contribution in [0.25, 0.3) is 0 Å². The molecule has 1 amide bonds. The first kappa shape index (κ1) is 29.7. The number of aliphatic carboxylic acids is 3. The maximum absolute atomic E-state index is 14.4. The van der Waals surface area contributed by atoms with E-state index >= 15 is 0 Å². The van der Waals surface area contributed by atoms with E-state index < -0.39 is 36.4 Å². The Labute approximate surface area is 225 Å². The van der Waals surface area contributed by atoms with Gasteiger partial charge in [-0.2, -0.15) is 0 Å². The van der Waals surface area contributed by atoms with Crippen LogP contribution in [-0.2, 0) is 31.3 Å². The van der Waals surface area contributed by atoms with Gasteiger partial charge in [-0.05, 0) is 43.0 Å². The molecule has 210 valence electrons. The van der Waals surface area contributed by atoms with Crippen LogP contribution in [0.3, 0.4) is 0 Å². The lowest BCUT2D eigenvalue weighted by Gasteiger charge is -2.32. The van der Waals surface area contributed by atoms with Gasteiger partial charge in [-0.15, -0.1) is 0 Å². The number of hydrogen-bond acceptors (Lipinski definition) is 6. The van der Waals surface area contributed by atoms with Gasteiger partial charge < -0.3 is 30.6 Å². The molecule has 0 spiro atoms. The fourth-order valence-electron chi connectivity index (χ4n) is 5.07. The summed E-state index contributed by atoms with van der Waals surface area (Å²) in [5.74, 6) is -4.93. The topological polar surface area (TPSA) is 164 Å². The summed E-state index contributed by atoms with van der Waals surface area (Å²) in [7, 11) is 0. The molecule has 1 heterocycles. The molecule has 0 radical (unpaired) electrons. The fourth-order valence-corrected chi connectivity index (χ4v) is 5.07. The van der Waals surface area contributed by atoms with Crippen LogP contribution in [0.5, 0.6) is 0 Å². The largest absolute Gasteiger partial charge is 0.481 e. The van der Waals surface area contributed by atoms with Crippen molar-refractivity contribution in [2.75, 3.05) is 11.4 Å². The monoisotopic (exact) mass is 544 g/mol. The maximum atomic E-state index is 14.4. The van der Waals surface area contributed by atoms with E-state index in [1.54, 1.807) is 12.1 Å². The predicted octanol–water partition coefficient (Wildman–Crippen LogP) is 3.26. The second-order valence-corrected chi connectivity index (χ2v) is 9.92. The van der Waals surface area contributed by atoms with Gasteiger partial charge in [0.1, 0.15) is 5.82 Å². The standard InChI is InChI=1S/C22H25FN2O.C6H8O7/c23-20-7-2-1-6-19(20)22(13-3-4-14-22)24-16-17-9-11-18(12-10-17)25-15-5-8-21(25)26;7-3(8)1-6(13,5(11)12)2-4(9)10/h1-2,6-7,9-12,24H,3-5,8,13-16H2;13H,1-2H2,(H,7,8)(H,9,10)(H,11,12). The SMILES string of the molecule is O=C(O)CC(O)(CC(=O)O)C(=O)O.O=C1CCCN1c1ccc(CNC2(c3ccccc3F)CCCC2)cc1. The minimum absolute atomic E-state index is 0.121. The Balaban J connectivity index is 0.000000276. The Bertz CT molecular complexity index is 1180. The smallest absolute Gasteiger partial charge is 0.336 e. The minimum Gasteiger partial charge on any atom is -0.481 e. The first-order valence-corrected chi connectivity index (χ1v) is 12.7. The van der Waals surface area contributed by atoms with E-state index in [0.29, 0.717) is 13.0 Å². The zero-order valence-electron chi connectivity index (χ0n) is 21.4. The van der Waals surface area contributed by atoms with Crippen molar-refractivity contribution in [2.24, 2.45) is 0 Å². The van der Waals surface area contributed by atoms with E-state index in [9.17, 15) is 23.6 Å². The normalized spacial score (nSPS) is 16.5. The van der Waals surface area contributed by atoms with E-state index in [4.69, 9.17) is 20.4 Å². The molecule has 1 saturated carbocycles. The highest BCUT2D eigenvalue weighted by Gasteiger charge is 2.41. The summed E-state index contributed by atoms with van der Waals surface area (Å²) in [5.41, 5.74) is -0.0900. The van der Waals surface area contributed by atoms with Gasteiger partial charge in [0, 0.05) is 36.3 Å². The number of amides is 1.